The Bertz CT molecular complexity index is 1560. The van der Waals surface area contributed by atoms with Crippen molar-refractivity contribution in [3.8, 4) is 34.1 Å². The van der Waals surface area contributed by atoms with E-state index in [4.69, 9.17) is 14.5 Å². The number of nitrogens with zero attached hydrogens (tertiary/aromatic N) is 4. The fraction of sp³-hybridized carbons (Fsp3) is 0.286. The van der Waals surface area contributed by atoms with Crippen LogP contribution in [0.2, 0.25) is 0 Å². The van der Waals surface area contributed by atoms with Crippen molar-refractivity contribution in [3.63, 3.8) is 0 Å². The van der Waals surface area contributed by atoms with Crippen molar-refractivity contribution in [1.29, 1.82) is 0 Å². The summed E-state index contributed by atoms with van der Waals surface area (Å²) in [6.45, 7) is 2.98. The number of hydrogen-bond donors (Lipinski definition) is 2. The van der Waals surface area contributed by atoms with Crippen LogP contribution in [0.25, 0.3) is 22.6 Å². The van der Waals surface area contributed by atoms with Gasteiger partial charge in [0.05, 0.1) is 26.5 Å². The van der Waals surface area contributed by atoms with Gasteiger partial charge in [0.2, 0.25) is 17.7 Å². The maximum absolute atomic E-state index is 13.0. The first-order chi connectivity index (χ1) is 22.4. The normalized spacial score (nSPS) is 13.1. The molecule has 11 nitrogen and oxygen atoms in total. The van der Waals surface area contributed by atoms with E-state index in [9.17, 15) is 14.4 Å². The van der Waals surface area contributed by atoms with Crippen LogP contribution in [0.1, 0.15) is 18.4 Å². The lowest BCUT2D eigenvalue weighted by Gasteiger charge is -2.34. The number of hydrogen-bond acceptors (Lipinski definition) is 8. The number of piperazine rings is 1. The van der Waals surface area contributed by atoms with Crippen LogP contribution < -0.4 is 20.1 Å². The van der Waals surface area contributed by atoms with Crippen molar-refractivity contribution in [2.45, 2.75) is 19.4 Å². The number of nitrogens with one attached hydrogen (secondary N) is 2. The minimum absolute atomic E-state index is 0.0146. The lowest BCUT2D eigenvalue weighted by molar-refractivity contribution is -0.134. The molecule has 1 aromatic heterocycles. The van der Waals surface area contributed by atoms with Crippen LogP contribution in [-0.2, 0) is 20.9 Å². The molecule has 3 amide bonds. The summed E-state index contributed by atoms with van der Waals surface area (Å²) in [6.07, 6.45) is 0.0891. The molecule has 0 unspecified atom stereocenters. The highest BCUT2D eigenvalue weighted by molar-refractivity contribution is 5.93. The molecule has 0 radical (unpaired) electrons. The molecule has 2 N–H and O–H groups in total. The molecular weight excluding hydrogens is 584 g/mol. The molecule has 0 atom stereocenters. The third-order valence-corrected chi connectivity index (χ3v) is 7.72. The van der Waals surface area contributed by atoms with E-state index in [0.717, 1.165) is 22.4 Å². The fourth-order valence-corrected chi connectivity index (χ4v) is 5.08. The molecule has 5 rings (SSSR count). The van der Waals surface area contributed by atoms with Crippen molar-refractivity contribution in [3.05, 3.63) is 90.5 Å². The summed E-state index contributed by atoms with van der Waals surface area (Å²) in [5.41, 5.74) is 3.26. The zero-order valence-corrected chi connectivity index (χ0v) is 26.1. The van der Waals surface area contributed by atoms with Crippen LogP contribution in [0.3, 0.4) is 0 Å². The summed E-state index contributed by atoms with van der Waals surface area (Å²) in [5, 5.41) is 5.80. The first-order valence-electron chi connectivity index (χ1n) is 15.2. The Morgan fingerprint density at radius 3 is 2.00 bits per heavy atom. The second-order valence-electron chi connectivity index (χ2n) is 10.9. The number of rotatable bonds is 12. The van der Waals surface area contributed by atoms with Crippen molar-refractivity contribution >= 4 is 23.5 Å². The number of carbonyl (C=O) groups is 3. The second kappa shape index (κ2) is 15.6. The lowest BCUT2D eigenvalue weighted by atomic mass is 10.1. The molecular formula is C35H38N6O5. The van der Waals surface area contributed by atoms with Crippen molar-refractivity contribution in [2.75, 3.05) is 52.3 Å². The Kier molecular flexibility index (Phi) is 10.9. The Morgan fingerprint density at radius 1 is 0.739 bits per heavy atom. The van der Waals surface area contributed by atoms with Gasteiger partial charge in [0.15, 0.2) is 5.82 Å². The predicted octanol–water partition coefficient (Wildman–Crippen LogP) is 4.01. The minimum atomic E-state index is -0.317. The molecule has 0 bridgehead atoms. The summed E-state index contributed by atoms with van der Waals surface area (Å²) in [4.78, 5) is 51.4. The molecule has 0 aliphatic carbocycles. The zero-order chi connectivity index (χ0) is 32.3. The van der Waals surface area contributed by atoms with E-state index in [-0.39, 0.29) is 37.1 Å². The molecule has 2 heterocycles. The molecule has 0 saturated carbocycles. The molecule has 4 aromatic rings. The average molecular weight is 623 g/mol. The number of aromatic nitrogens is 2. The Labute approximate surface area is 268 Å². The van der Waals surface area contributed by atoms with E-state index in [1.807, 2.05) is 83.8 Å². The van der Waals surface area contributed by atoms with E-state index in [1.54, 1.807) is 25.2 Å². The smallest absolute Gasteiger partial charge is 0.234 e. The van der Waals surface area contributed by atoms with Crippen LogP contribution in [0, 0.1) is 0 Å². The molecule has 46 heavy (non-hydrogen) atoms. The van der Waals surface area contributed by atoms with Crippen molar-refractivity contribution < 1.29 is 23.9 Å². The summed E-state index contributed by atoms with van der Waals surface area (Å²) in [5.74, 6) is 1.75. The quantitative estimate of drug-likeness (QED) is 0.243. The first-order valence-corrected chi connectivity index (χ1v) is 15.2. The van der Waals surface area contributed by atoms with Gasteiger partial charge in [0.25, 0.3) is 0 Å². The van der Waals surface area contributed by atoms with Crippen molar-refractivity contribution in [1.82, 2.24) is 25.1 Å². The third kappa shape index (κ3) is 8.89. The summed E-state index contributed by atoms with van der Waals surface area (Å²) >= 11 is 0. The van der Waals surface area contributed by atoms with Crippen LogP contribution in [-0.4, -0.2) is 84.4 Å². The maximum atomic E-state index is 13.0. The Balaban J connectivity index is 1.14. The van der Waals surface area contributed by atoms with Crippen molar-refractivity contribution in [2.24, 2.45) is 0 Å². The molecule has 3 aromatic carbocycles. The van der Waals surface area contributed by atoms with Crippen LogP contribution in [0.15, 0.2) is 84.9 Å². The largest absolute Gasteiger partial charge is 0.497 e. The highest BCUT2D eigenvalue weighted by atomic mass is 16.5. The number of carbonyl (C=O) groups excluding carboxylic acids is 3. The maximum Gasteiger partial charge on any atom is 0.234 e. The topological polar surface area (TPSA) is 126 Å². The van der Waals surface area contributed by atoms with Crippen LogP contribution in [0.4, 0.5) is 5.82 Å². The van der Waals surface area contributed by atoms with Gasteiger partial charge in [-0.2, -0.15) is 0 Å². The van der Waals surface area contributed by atoms with Gasteiger partial charge >= 0.3 is 0 Å². The zero-order valence-electron chi connectivity index (χ0n) is 26.1. The highest BCUT2D eigenvalue weighted by Gasteiger charge is 2.23. The number of anilines is 1. The summed E-state index contributed by atoms with van der Waals surface area (Å²) in [7, 11) is 3.21. The van der Waals surface area contributed by atoms with Crippen LogP contribution in [0.5, 0.6) is 11.5 Å². The van der Waals surface area contributed by atoms with Gasteiger partial charge in [-0.3, -0.25) is 19.3 Å². The fourth-order valence-electron chi connectivity index (χ4n) is 5.08. The molecule has 0 spiro atoms. The van der Waals surface area contributed by atoms with E-state index in [0.29, 0.717) is 55.8 Å². The molecule has 11 heteroatoms. The molecule has 1 fully saturated rings. The second-order valence-corrected chi connectivity index (χ2v) is 10.9. The van der Waals surface area contributed by atoms with E-state index in [1.165, 1.54) is 0 Å². The molecule has 238 valence electrons. The Hall–Kier alpha value is -5.29. The van der Waals surface area contributed by atoms with Gasteiger partial charge < -0.3 is 25.0 Å². The molecule has 1 aliphatic heterocycles. The van der Waals surface area contributed by atoms with E-state index < -0.39 is 0 Å². The number of methoxy groups -OCH3 is 2. The van der Waals surface area contributed by atoms with Gasteiger partial charge in [0, 0.05) is 62.8 Å². The summed E-state index contributed by atoms with van der Waals surface area (Å²) in [6, 6.07) is 26.3. The van der Waals surface area contributed by atoms with E-state index in [2.05, 4.69) is 15.6 Å². The minimum Gasteiger partial charge on any atom is -0.497 e. The first kappa shape index (κ1) is 32.1. The van der Waals surface area contributed by atoms with Gasteiger partial charge in [-0.05, 0) is 54.1 Å². The standard InChI is InChI=1S/C35H38N6O5/c1-45-28-12-8-26(9-13-28)30-22-31(39-35(37-30)27-10-14-29(46-2)15-11-27)38-32(42)16-17-34(44)41-20-18-40(19-21-41)24-33(43)36-23-25-6-4-3-5-7-25/h3-15,22H,16-21,23-24H2,1-2H3,(H,36,43)(H,37,38,39,42). The van der Waals surface area contributed by atoms with Gasteiger partial charge in [0.1, 0.15) is 17.3 Å². The lowest BCUT2D eigenvalue weighted by Crippen LogP contribution is -2.51. The average Bonchev–Trinajstić information content (AvgIpc) is 3.10. The van der Waals surface area contributed by atoms with E-state index >= 15 is 0 Å². The highest BCUT2D eigenvalue weighted by Crippen LogP contribution is 2.27. The van der Waals surface area contributed by atoms with Gasteiger partial charge in [-0.25, -0.2) is 9.97 Å². The number of ether oxygens (including phenoxy) is 2. The SMILES string of the molecule is COc1ccc(-c2cc(NC(=O)CCC(=O)N3CCN(CC(=O)NCc4ccccc4)CC3)nc(-c3ccc(OC)cc3)n2)cc1. The monoisotopic (exact) mass is 622 g/mol. The molecule has 1 saturated heterocycles. The third-order valence-electron chi connectivity index (χ3n) is 7.72. The van der Waals surface area contributed by atoms with Crippen LogP contribution >= 0.6 is 0 Å². The summed E-state index contributed by atoms with van der Waals surface area (Å²) < 4.78 is 10.5. The van der Waals surface area contributed by atoms with Gasteiger partial charge in [-0.15, -0.1) is 0 Å². The van der Waals surface area contributed by atoms with Gasteiger partial charge in [-0.1, -0.05) is 30.3 Å². The number of benzene rings is 3. The predicted molar refractivity (Wildman–Crippen MR) is 175 cm³/mol. The number of amides is 3. The molecule has 1 aliphatic rings. The Morgan fingerprint density at radius 2 is 1.37 bits per heavy atom.